The Labute approximate surface area is 251 Å². The van der Waals surface area contributed by atoms with Crippen LogP contribution >= 0.6 is 0 Å². The van der Waals surface area contributed by atoms with Crippen molar-refractivity contribution in [2.24, 2.45) is 0 Å². The Hall–Kier alpha value is -5.23. The van der Waals surface area contributed by atoms with E-state index in [9.17, 15) is 4.79 Å². The van der Waals surface area contributed by atoms with Gasteiger partial charge in [0.05, 0.1) is 25.0 Å². The zero-order valence-corrected chi connectivity index (χ0v) is 24.3. The van der Waals surface area contributed by atoms with Crippen LogP contribution in [0.4, 0.5) is 0 Å². The number of hydrogen-bond acceptors (Lipinski definition) is 4. The molecule has 212 valence electrons. The van der Waals surface area contributed by atoms with Crippen molar-refractivity contribution in [1.29, 1.82) is 0 Å². The zero-order valence-electron chi connectivity index (χ0n) is 24.3. The van der Waals surface area contributed by atoms with Crippen molar-refractivity contribution in [1.82, 2.24) is 19.6 Å². The number of rotatable bonds is 7. The van der Waals surface area contributed by atoms with Gasteiger partial charge in [0, 0.05) is 17.3 Å². The summed E-state index contributed by atoms with van der Waals surface area (Å²) in [6.07, 6.45) is 3.51. The van der Waals surface area contributed by atoms with Gasteiger partial charge in [0.15, 0.2) is 5.69 Å². The van der Waals surface area contributed by atoms with Crippen molar-refractivity contribution in [2.75, 3.05) is 7.11 Å². The van der Waals surface area contributed by atoms with Crippen LogP contribution in [0.15, 0.2) is 121 Å². The normalized spacial score (nSPS) is 12.4. The molecule has 7 rings (SSSR count). The van der Waals surface area contributed by atoms with E-state index in [2.05, 4.69) is 115 Å². The fourth-order valence-electron chi connectivity index (χ4n) is 6.42. The summed E-state index contributed by atoms with van der Waals surface area (Å²) < 4.78 is 9.24. The molecule has 0 amide bonds. The molecule has 0 atom stereocenters. The third-order valence-corrected chi connectivity index (χ3v) is 8.46. The van der Waals surface area contributed by atoms with Gasteiger partial charge in [-0.3, -0.25) is 9.36 Å². The van der Waals surface area contributed by atoms with Crippen LogP contribution in [-0.2, 0) is 29.7 Å². The van der Waals surface area contributed by atoms with Gasteiger partial charge < -0.3 is 4.74 Å². The highest BCUT2D eigenvalue weighted by molar-refractivity contribution is 5.92. The number of fused-ring (bicyclic) bond motifs is 3. The number of ether oxygens (including phenoxy) is 1. The fraction of sp³-hybridized carbons (Fsp3) is 0.162. The molecule has 1 aliphatic rings. The Kier molecular flexibility index (Phi) is 6.74. The number of aromatic nitrogens is 4. The van der Waals surface area contributed by atoms with Gasteiger partial charge in [0.2, 0.25) is 0 Å². The summed E-state index contributed by atoms with van der Waals surface area (Å²) in [5.74, 6) is -0.415. The number of esters is 1. The molecule has 0 saturated heterocycles. The average molecular weight is 565 g/mol. The molecule has 2 heterocycles. The number of benzene rings is 4. The summed E-state index contributed by atoms with van der Waals surface area (Å²) in [5, 5.41) is 10.2. The summed E-state index contributed by atoms with van der Waals surface area (Å²) in [4.78, 5) is 12.9. The fourth-order valence-corrected chi connectivity index (χ4v) is 6.42. The molecular formula is C37H32N4O2. The van der Waals surface area contributed by atoms with E-state index in [-0.39, 0.29) is 0 Å². The zero-order chi connectivity index (χ0) is 29.4. The van der Waals surface area contributed by atoms with Crippen LogP contribution in [0, 0.1) is 6.92 Å². The Bertz CT molecular complexity index is 1790. The molecule has 0 radical (unpaired) electrons. The van der Waals surface area contributed by atoms with Crippen molar-refractivity contribution < 1.29 is 9.53 Å². The van der Waals surface area contributed by atoms with Crippen molar-refractivity contribution in [3.05, 3.63) is 166 Å². The molecule has 0 aliphatic heterocycles. The van der Waals surface area contributed by atoms with E-state index in [0.29, 0.717) is 25.1 Å². The van der Waals surface area contributed by atoms with Gasteiger partial charge in [-0.05, 0) is 42.0 Å². The van der Waals surface area contributed by atoms with Crippen molar-refractivity contribution in [3.8, 4) is 11.3 Å². The summed E-state index contributed by atoms with van der Waals surface area (Å²) in [5.41, 5.74) is 9.10. The lowest BCUT2D eigenvalue weighted by atomic mass is 9.77. The van der Waals surface area contributed by atoms with Crippen molar-refractivity contribution in [2.45, 2.75) is 31.8 Å². The van der Waals surface area contributed by atoms with Crippen LogP contribution in [0.1, 0.15) is 49.6 Å². The van der Waals surface area contributed by atoms with Gasteiger partial charge in [-0.25, -0.2) is 4.79 Å². The van der Waals surface area contributed by atoms with E-state index in [0.717, 1.165) is 44.8 Å². The summed E-state index contributed by atoms with van der Waals surface area (Å²) in [6.45, 7) is 2.61. The predicted octanol–water partition coefficient (Wildman–Crippen LogP) is 6.83. The quantitative estimate of drug-likeness (QED) is 0.158. The standard InChI is InChI=1S/C37H32N4O2/c1-26-18-20-27(21-19-26)24-40-35-31(34(39-40)36(42)43-2)22-23-33-32(35)25-41(38-33)37(28-12-6-3-7-13-28,29-14-8-4-9-15-29)30-16-10-5-11-17-30/h3-21,25H,22-24H2,1-2H3. The first-order valence-corrected chi connectivity index (χ1v) is 14.6. The largest absolute Gasteiger partial charge is 0.464 e. The molecule has 6 heteroatoms. The van der Waals surface area contributed by atoms with E-state index >= 15 is 0 Å². The topological polar surface area (TPSA) is 61.9 Å². The van der Waals surface area contributed by atoms with Crippen LogP contribution in [-0.4, -0.2) is 32.6 Å². The van der Waals surface area contributed by atoms with Crippen LogP contribution in [0.3, 0.4) is 0 Å². The number of methoxy groups -OCH3 is 1. The molecule has 6 aromatic rings. The van der Waals surface area contributed by atoms with Crippen LogP contribution in [0.5, 0.6) is 0 Å². The lowest BCUT2D eigenvalue weighted by Crippen LogP contribution is -2.38. The van der Waals surface area contributed by atoms with Gasteiger partial charge in [-0.1, -0.05) is 121 Å². The maximum absolute atomic E-state index is 12.9. The second-order valence-electron chi connectivity index (χ2n) is 11.1. The van der Waals surface area contributed by atoms with Crippen LogP contribution < -0.4 is 0 Å². The molecule has 0 saturated carbocycles. The van der Waals surface area contributed by atoms with E-state index < -0.39 is 11.5 Å². The van der Waals surface area contributed by atoms with Gasteiger partial charge in [0.1, 0.15) is 5.54 Å². The minimum atomic E-state index is -0.728. The highest BCUT2D eigenvalue weighted by Crippen LogP contribution is 2.43. The molecular weight excluding hydrogens is 532 g/mol. The average Bonchev–Trinajstić information content (AvgIpc) is 3.66. The Balaban J connectivity index is 1.48. The summed E-state index contributed by atoms with van der Waals surface area (Å²) in [6, 6.07) is 40.1. The first kappa shape index (κ1) is 26.7. The summed E-state index contributed by atoms with van der Waals surface area (Å²) in [7, 11) is 1.41. The molecule has 43 heavy (non-hydrogen) atoms. The third-order valence-electron chi connectivity index (χ3n) is 8.46. The molecule has 0 unspecified atom stereocenters. The van der Waals surface area contributed by atoms with Gasteiger partial charge in [0.25, 0.3) is 0 Å². The number of hydrogen-bond donors (Lipinski definition) is 0. The lowest BCUT2D eigenvalue weighted by molar-refractivity contribution is 0.0591. The molecule has 2 aromatic heterocycles. The van der Waals surface area contributed by atoms with Crippen molar-refractivity contribution in [3.63, 3.8) is 0 Å². The van der Waals surface area contributed by atoms with Gasteiger partial charge in [-0.2, -0.15) is 10.2 Å². The third kappa shape index (κ3) is 4.47. The van der Waals surface area contributed by atoms with E-state index in [1.165, 1.54) is 12.7 Å². The van der Waals surface area contributed by atoms with E-state index in [1.807, 2.05) is 22.9 Å². The van der Waals surface area contributed by atoms with E-state index in [1.54, 1.807) is 0 Å². The second kappa shape index (κ2) is 10.9. The maximum Gasteiger partial charge on any atom is 0.358 e. The monoisotopic (exact) mass is 564 g/mol. The molecule has 0 spiro atoms. The first-order chi connectivity index (χ1) is 21.1. The highest BCUT2D eigenvalue weighted by atomic mass is 16.5. The SMILES string of the molecule is COC(=O)c1nn(Cc2ccc(C)cc2)c2c1CCc1nn(C(c3ccccc3)(c3ccccc3)c3ccccc3)cc1-2. The minimum absolute atomic E-state index is 0.378. The Morgan fingerprint density at radius 1 is 0.767 bits per heavy atom. The van der Waals surface area contributed by atoms with Crippen molar-refractivity contribution >= 4 is 5.97 Å². The van der Waals surface area contributed by atoms with Gasteiger partial charge in [-0.15, -0.1) is 0 Å². The molecule has 0 bridgehead atoms. The Morgan fingerprint density at radius 2 is 1.33 bits per heavy atom. The number of carbonyl (C=O) groups is 1. The van der Waals surface area contributed by atoms with E-state index in [4.69, 9.17) is 14.9 Å². The van der Waals surface area contributed by atoms with Gasteiger partial charge >= 0.3 is 5.97 Å². The second-order valence-corrected chi connectivity index (χ2v) is 11.1. The molecule has 0 fully saturated rings. The number of nitrogens with zero attached hydrogens (tertiary/aromatic N) is 4. The van der Waals surface area contributed by atoms with Crippen LogP contribution in [0.25, 0.3) is 11.3 Å². The van der Waals surface area contributed by atoms with Crippen LogP contribution in [0.2, 0.25) is 0 Å². The minimum Gasteiger partial charge on any atom is -0.464 e. The molecule has 4 aromatic carbocycles. The maximum atomic E-state index is 12.9. The Morgan fingerprint density at radius 3 is 1.86 bits per heavy atom. The predicted molar refractivity (Wildman–Crippen MR) is 167 cm³/mol. The lowest BCUT2D eigenvalue weighted by Gasteiger charge is -2.36. The summed E-state index contributed by atoms with van der Waals surface area (Å²) >= 11 is 0. The molecule has 0 N–H and O–H groups in total. The molecule has 1 aliphatic carbocycles. The molecule has 6 nitrogen and oxygen atoms in total. The smallest absolute Gasteiger partial charge is 0.358 e. The number of aryl methyl sites for hydroxylation is 2. The first-order valence-electron chi connectivity index (χ1n) is 14.6. The number of carbonyl (C=O) groups excluding carboxylic acids is 1. The highest BCUT2D eigenvalue weighted by Gasteiger charge is 2.41.